The molecule has 8 nitrogen and oxygen atoms in total. The van der Waals surface area contributed by atoms with Crippen molar-refractivity contribution in [1.82, 2.24) is 19.6 Å². The Morgan fingerprint density at radius 1 is 1.23 bits per heavy atom. The van der Waals surface area contributed by atoms with E-state index in [0.29, 0.717) is 12.2 Å². The summed E-state index contributed by atoms with van der Waals surface area (Å²) in [6, 6.07) is 6.16. The summed E-state index contributed by atoms with van der Waals surface area (Å²) in [5, 5.41) is 23.2. The highest BCUT2D eigenvalue weighted by molar-refractivity contribution is 7.80. The molecule has 2 heterocycles. The molecule has 0 fully saturated rings. The van der Waals surface area contributed by atoms with Crippen LogP contribution in [0.2, 0.25) is 0 Å². The number of carboxylic acid groups (broad SMARTS) is 1. The highest BCUT2D eigenvalue weighted by Crippen LogP contribution is 2.15. The Balaban J connectivity index is 1.63. The Labute approximate surface area is 153 Å². The normalized spacial score (nSPS) is 10.5. The quantitative estimate of drug-likeness (QED) is 0.590. The first-order chi connectivity index (χ1) is 12.4. The molecule has 0 aliphatic heterocycles. The molecule has 0 unspecified atom stereocenters. The smallest absolute Gasteiger partial charge is 0.356 e. The van der Waals surface area contributed by atoms with E-state index in [1.807, 2.05) is 0 Å². The van der Waals surface area contributed by atoms with Gasteiger partial charge in [-0.2, -0.15) is 10.2 Å². The number of thiocarbonyl (C=S) groups is 1. The molecule has 0 atom stereocenters. The molecule has 0 aliphatic rings. The minimum absolute atomic E-state index is 0.00107. The van der Waals surface area contributed by atoms with E-state index in [1.165, 1.54) is 30.1 Å². The van der Waals surface area contributed by atoms with Crippen molar-refractivity contribution >= 4 is 34.7 Å². The van der Waals surface area contributed by atoms with Crippen LogP contribution in [-0.4, -0.2) is 35.7 Å². The molecule has 3 aromatic rings. The standard InChI is InChI=1S/C16H15FN6O2S/c1-22-14(15(24)25)13(7-18-22)21-16(26)20-12-6-19-23(9-12)8-10-2-4-11(17)5-3-10/h2-7,9H,8H2,1H3,(H,24,25)(H2,20,21,26). The number of benzene rings is 1. The van der Waals surface area contributed by atoms with E-state index in [2.05, 4.69) is 20.8 Å². The van der Waals surface area contributed by atoms with E-state index < -0.39 is 5.97 Å². The zero-order valence-corrected chi connectivity index (χ0v) is 14.5. The maximum atomic E-state index is 12.9. The second-order valence-electron chi connectivity index (χ2n) is 5.47. The van der Waals surface area contributed by atoms with E-state index >= 15 is 0 Å². The second-order valence-corrected chi connectivity index (χ2v) is 5.88. The SMILES string of the molecule is Cn1ncc(NC(=S)Nc2cnn(Cc3ccc(F)cc3)c2)c1C(=O)O. The monoisotopic (exact) mass is 374 g/mol. The fourth-order valence-corrected chi connectivity index (χ4v) is 2.59. The number of aromatic nitrogens is 4. The van der Waals surface area contributed by atoms with E-state index in [1.54, 1.807) is 29.2 Å². The van der Waals surface area contributed by atoms with Crippen LogP contribution in [0.5, 0.6) is 0 Å². The summed E-state index contributed by atoms with van der Waals surface area (Å²) >= 11 is 5.20. The minimum atomic E-state index is -1.11. The number of hydrogen-bond donors (Lipinski definition) is 3. The zero-order chi connectivity index (χ0) is 18.7. The largest absolute Gasteiger partial charge is 0.476 e. The predicted octanol–water partition coefficient (Wildman–Crippen LogP) is 2.31. The van der Waals surface area contributed by atoms with Crippen LogP contribution < -0.4 is 10.6 Å². The number of anilines is 2. The molecule has 1 aromatic carbocycles. The molecule has 26 heavy (non-hydrogen) atoms. The molecule has 0 aliphatic carbocycles. The number of aromatic carboxylic acids is 1. The fourth-order valence-electron chi connectivity index (χ4n) is 2.36. The lowest BCUT2D eigenvalue weighted by Crippen LogP contribution is -2.20. The first kappa shape index (κ1) is 17.5. The Kier molecular flexibility index (Phi) is 4.94. The molecule has 0 bridgehead atoms. The maximum absolute atomic E-state index is 12.9. The van der Waals surface area contributed by atoms with Gasteiger partial charge in [0.2, 0.25) is 0 Å². The number of carboxylic acids is 1. The molecular weight excluding hydrogens is 359 g/mol. The third-order valence-corrected chi connectivity index (χ3v) is 3.74. The van der Waals surface area contributed by atoms with Gasteiger partial charge in [-0.05, 0) is 29.9 Å². The average molecular weight is 374 g/mol. The van der Waals surface area contributed by atoms with Crippen LogP contribution in [0.15, 0.2) is 42.9 Å². The van der Waals surface area contributed by atoms with Gasteiger partial charge in [-0.25, -0.2) is 9.18 Å². The van der Waals surface area contributed by atoms with Crippen LogP contribution >= 0.6 is 12.2 Å². The van der Waals surface area contributed by atoms with Gasteiger partial charge < -0.3 is 15.7 Å². The van der Waals surface area contributed by atoms with Gasteiger partial charge in [0, 0.05) is 13.2 Å². The Morgan fingerprint density at radius 2 is 1.96 bits per heavy atom. The van der Waals surface area contributed by atoms with Gasteiger partial charge >= 0.3 is 5.97 Å². The molecular formula is C16H15FN6O2S. The van der Waals surface area contributed by atoms with E-state index in [0.717, 1.165) is 5.56 Å². The van der Waals surface area contributed by atoms with Crippen LogP contribution in [-0.2, 0) is 13.6 Å². The minimum Gasteiger partial charge on any atom is -0.476 e. The van der Waals surface area contributed by atoms with E-state index in [9.17, 15) is 14.3 Å². The number of nitrogens with one attached hydrogen (secondary N) is 2. The molecule has 3 N–H and O–H groups in total. The van der Waals surface area contributed by atoms with E-state index in [-0.39, 0.29) is 22.3 Å². The van der Waals surface area contributed by atoms with Gasteiger partial charge in [-0.15, -0.1) is 0 Å². The summed E-state index contributed by atoms with van der Waals surface area (Å²) < 4.78 is 15.9. The van der Waals surface area contributed by atoms with Crippen molar-refractivity contribution in [2.45, 2.75) is 6.54 Å². The van der Waals surface area contributed by atoms with Crippen LogP contribution in [0.1, 0.15) is 16.1 Å². The summed E-state index contributed by atoms with van der Waals surface area (Å²) in [5.74, 6) is -1.40. The van der Waals surface area contributed by atoms with Gasteiger partial charge in [-0.3, -0.25) is 9.36 Å². The number of carbonyl (C=O) groups is 1. The molecule has 10 heteroatoms. The highest BCUT2D eigenvalue weighted by Gasteiger charge is 2.16. The highest BCUT2D eigenvalue weighted by atomic mass is 32.1. The van der Waals surface area contributed by atoms with Crippen LogP contribution in [0.3, 0.4) is 0 Å². The lowest BCUT2D eigenvalue weighted by Gasteiger charge is -2.08. The van der Waals surface area contributed by atoms with Crippen LogP contribution in [0.4, 0.5) is 15.8 Å². The van der Waals surface area contributed by atoms with Gasteiger partial charge in [0.1, 0.15) is 5.82 Å². The summed E-state index contributed by atoms with van der Waals surface area (Å²) in [4.78, 5) is 11.2. The first-order valence-electron chi connectivity index (χ1n) is 7.52. The third kappa shape index (κ3) is 4.03. The molecule has 0 amide bonds. The molecule has 3 rings (SSSR count). The van der Waals surface area contributed by atoms with Crippen molar-refractivity contribution < 1.29 is 14.3 Å². The second kappa shape index (κ2) is 7.31. The molecule has 134 valence electrons. The van der Waals surface area contributed by atoms with E-state index in [4.69, 9.17) is 12.2 Å². The van der Waals surface area contributed by atoms with Crippen molar-refractivity contribution in [2.24, 2.45) is 7.05 Å². The molecule has 0 saturated carbocycles. The number of aryl methyl sites for hydroxylation is 1. The van der Waals surface area contributed by atoms with Gasteiger partial charge in [0.05, 0.1) is 30.3 Å². The van der Waals surface area contributed by atoms with Crippen LogP contribution in [0, 0.1) is 5.82 Å². The summed E-state index contributed by atoms with van der Waals surface area (Å²) in [7, 11) is 1.53. The Morgan fingerprint density at radius 3 is 2.65 bits per heavy atom. The lowest BCUT2D eigenvalue weighted by atomic mass is 10.2. The molecule has 0 radical (unpaired) electrons. The lowest BCUT2D eigenvalue weighted by molar-refractivity contribution is 0.0686. The Hall–Kier alpha value is -3.27. The van der Waals surface area contributed by atoms with Gasteiger partial charge in [-0.1, -0.05) is 12.1 Å². The van der Waals surface area contributed by atoms with Crippen molar-refractivity contribution in [1.29, 1.82) is 0 Å². The fraction of sp³-hybridized carbons (Fsp3) is 0.125. The predicted molar refractivity (Wildman–Crippen MR) is 97.7 cm³/mol. The van der Waals surface area contributed by atoms with Crippen LogP contribution in [0.25, 0.3) is 0 Å². The van der Waals surface area contributed by atoms with Crippen molar-refractivity contribution in [2.75, 3.05) is 10.6 Å². The first-order valence-corrected chi connectivity index (χ1v) is 7.93. The summed E-state index contributed by atoms with van der Waals surface area (Å²) in [5.41, 5.74) is 1.82. The number of rotatable bonds is 5. The number of nitrogens with zero attached hydrogens (tertiary/aromatic N) is 4. The number of halogens is 1. The summed E-state index contributed by atoms with van der Waals surface area (Å²) in [6.45, 7) is 0.480. The van der Waals surface area contributed by atoms with Gasteiger partial charge in [0.25, 0.3) is 0 Å². The van der Waals surface area contributed by atoms with Gasteiger partial charge in [0.15, 0.2) is 10.8 Å². The zero-order valence-electron chi connectivity index (χ0n) is 13.7. The third-order valence-electron chi connectivity index (χ3n) is 3.54. The molecule has 2 aromatic heterocycles. The van der Waals surface area contributed by atoms with Crippen molar-refractivity contribution in [3.63, 3.8) is 0 Å². The maximum Gasteiger partial charge on any atom is 0.356 e. The topological polar surface area (TPSA) is 97.0 Å². The molecule has 0 saturated heterocycles. The Bertz CT molecular complexity index is 950. The molecule has 0 spiro atoms. The van der Waals surface area contributed by atoms with Crippen molar-refractivity contribution in [3.8, 4) is 0 Å². The number of hydrogen-bond acceptors (Lipinski definition) is 4. The van der Waals surface area contributed by atoms with Crippen molar-refractivity contribution in [3.05, 3.63) is 59.9 Å². The summed E-state index contributed by atoms with van der Waals surface area (Å²) in [6.07, 6.45) is 4.70. The average Bonchev–Trinajstić information content (AvgIpc) is 3.16.